The van der Waals surface area contributed by atoms with E-state index in [1.165, 1.54) is 5.56 Å². The Morgan fingerprint density at radius 3 is 2.69 bits per heavy atom. The third kappa shape index (κ3) is 3.37. The fourth-order valence-electron chi connectivity index (χ4n) is 1.50. The number of rotatable bonds is 5. The molecule has 1 aromatic rings. The molecule has 0 unspecified atom stereocenters. The van der Waals surface area contributed by atoms with Gasteiger partial charge in [0.15, 0.2) is 0 Å². The Hall–Kier alpha value is -0.770. The molecule has 4 heteroatoms. The van der Waals surface area contributed by atoms with Crippen molar-refractivity contribution in [3.63, 3.8) is 0 Å². The second-order valence-corrected chi connectivity index (χ2v) is 4.29. The van der Waals surface area contributed by atoms with Gasteiger partial charge in [-0.05, 0) is 43.7 Å². The van der Waals surface area contributed by atoms with Gasteiger partial charge in [-0.1, -0.05) is 11.6 Å². The van der Waals surface area contributed by atoms with Crippen LogP contribution in [0.5, 0.6) is 5.75 Å². The van der Waals surface area contributed by atoms with Crippen molar-refractivity contribution < 1.29 is 9.84 Å². The zero-order chi connectivity index (χ0) is 12.1. The van der Waals surface area contributed by atoms with Gasteiger partial charge in [0.05, 0.1) is 18.9 Å². The molecule has 0 amide bonds. The van der Waals surface area contributed by atoms with Crippen LogP contribution in [0.2, 0.25) is 5.02 Å². The lowest BCUT2D eigenvalue weighted by molar-refractivity contribution is 0.134. The fraction of sp³-hybridized carbons (Fsp3) is 0.500. The highest BCUT2D eigenvalue weighted by Crippen LogP contribution is 2.28. The first-order valence-electron chi connectivity index (χ1n) is 5.21. The van der Waals surface area contributed by atoms with Crippen molar-refractivity contribution in [1.29, 1.82) is 0 Å². The van der Waals surface area contributed by atoms with E-state index in [0.29, 0.717) is 10.8 Å². The lowest BCUT2D eigenvalue weighted by Crippen LogP contribution is -2.22. The molecule has 0 aromatic heterocycles. The minimum atomic E-state index is 0.0724. The number of nitrogens with zero attached hydrogens (tertiary/aromatic N) is 1. The highest BCUT2D eigenvalue weighted by atomic mass is 35.5. The fourth-order valence-corrected chi connectivity index (χ4v) is 1.77. The van der Waals surface area contributed by atoms with E-state index in [4.69, 9.17) is 21.4 Å². The van der Waals surface area contributed by atoms with E-state index < -0.39 is 0 Å². The van der Waals surface area contributed by atoms with E-state index in [2.05, 4.69) is 0 Å². The van der Waals surface area contributed by atoms with Crippen molar-refractivity contribution in [2.45, 2.75) is 13.3 Å². The van der Waals surface area contributed by atoms with Crippen molar-refractivity contribution in [2.75, 3.05) is 27.4 Å². The summed E-state index contributed by atoms with van der Waals surface area (Å²) in [5.74, 6) is 0.707. The molecular weight excluding hydrogens is 226 g/mol. The number of likely N-dealkylation sites (N-methyl/N-ethyl adjacent to an activating group) is 1. The molecule has 0 bridgehead atoms. The van der Waals surface area contributed by atoms with Crippen molar-refractivity contribution >= 4 is 11.6 Å². The quantitative estimate of drug-likeness (QED) is 0.804. The summed E-state index contributed by atoms with van der Waals surface area (Å²) in [6.07, 6.45) is 0.868. The lowest BCUT2D eigenvalue weighted by atomic mass is 10.1. The van der Waals surface area contributed by atoms with Gasteiger partial charge in [-0.2, -0.15) is 0 Å². The zero-order valence-electron chi connectivity index (χ0n) is 9.96. The Labute approximate surface area is 102 Å². The number of halogens is 1. The largest absolute Gasteiger partial charge is 0.495 e. The molecule has 0 spiro atoms. The number of hydrogen-bond donors (Lipinski definition) is 1. The standard InChI is InChI=1S/C12H18ClNO2/c1-9-6-12(16-3)11(13)7-10(9)4-5-14(2)8-15/h6-7,15H,4-5,8H2,1-3H3. The molecule has 1 aromatic carbocycles. The van der Waals surface area contributed by atoms with Gasteiger partial charge in [-0.3, -0.25) is 4.90 Å². The van der Waals surface area contributed by atoms with Crippen LogP contribution in [-0.4, -0.2) is 37.4 Å². The molecule has 0 aliphatic carbocycles. The van der Waals surface area contributed by atoms with Crippen LogP contribution >= 0.6 is 11.6 Å². The summed E-state index contributed by atoms with van der Waals surface area (Å²) in [4.78, 5) is 1.84. The van der Waals surface area contributed by atoms with Crippen molar-refractivity contribution in [3.8, 4) is 5.75 Å². The normalized spacial score (nSPS) is 10.9. The second-order valence-electron chi connectivity index (χ2n) is 3.88. The summed E-state index contributed by atoms with van der Waals surface area (Å²) in [6, 6.07) is 3.87. The maximum Gasteiger partial charge on any atom is 0.137 e. The Kier molecular flexibility index (Phi) is 5.06. The van der Waals surface area contributed by atoms with Gasteiger partial charge in [0.25, 0.3) is 0 Å². The molecule has 1 N–H and O–H groups in total. The monoisotopic (exact) mass is 243 g/mol. The number of aliphatic hydroxyl groups is 1. The lowest BCUT2D eigenvalue weighted by Gasteiger charge is -2.15. The maximum absolute atomic E-state index is 8.90. The van der Waals surface area contributed by atoms with Gasteiger partial charge >= 0.3 is 0 Å². The first-order valence-corrected chi connectivity index (χ1v) is 5.58. The summed E-state index contributed by atoms with van der Waals surface area (Å²) in [5, 5.41) is 9.53. The van der Waals surface area contributed by atoms with Crippen molar-refractivity contribution in [3.05, 3.63) is 28.3 Å². The smallest absolute Gasteiger partial charge is 0.137 e. The van der Waals surface area contributed by atoms with Gasteiger partial charge in [0.2, 0.25) is 0 Å². The van der Waals surface area contributed by atoms with Crippen LogP contribution in [0.15, 0.2) is 12.1 Å². The molecule has 0 heterocycles. The molecule has 16 heavy (non-hydrogen) atoms. The Morgan fingerprint density at radius 2 is 2.12 bits per heavy atom. The van der Waals surface area contributed by atoms with E-state index >= 15 is 0 Å². The molecule has 0 saturated heterocycles. The molecule has 0 radical (unpaired) electrons. The van der Waals surface area contributed by atoms with Crippen LogP contribution in [0.25, 0.3) is 0 Å². The minimum Gasteiger partial charge on any atom is -0.495 e. The Morgan fingerprint density at radius 1 is 1.44 bits per heavy atom. The predicted molar refractivity (Wildman–Crippen MR) is 66.2 cm³/mol. The number of aryl methyl sites for hydroxylation is 1. The highest BCUT2D eigenvalue weighted by molar-refractivity contribution is 6.32. The van der Waals surface area contributed by atoms with Crippen LogP contribution in [0.1, 0.15) is 11.1 Å². The van der Waals surface area contributed by atoms with Gasteiger partial charge in [0, 0.05) is 6.54 Å². The van der Waals surface area contributed by atoms with Crippen molar-refractivity contribution in [2.24, 2.45) is 0 Å². The maximum atomic E-state index is 8.90. The number of hydrogen-bond acceptors (Lipinski definition) is 3. The number of benzene rings is 1. The van der Waals surface area contributed by atoms with Crippen LogP contribution in [-0.2, 0) is 6.42 Å². The SMILES string of the molecule is COc1cc(C)c(CCN(C)CO)cc1Cl. The summed E-state index contributed by atoms with van der Waals surface area (Å²) < 4.78 is 5.15. The third-order valence-corrected chi connectivity index (χ3v) is 2.91. The Bertz CT molecular complexity index is 355. The van der Waals surface area contributed by atoms with E-state index in [9.17, 15) is 0 Å². The predicted octanol–water partition coefficient (Wildman–Crippen LogP) is 2.08. The van der Waals surface area contributed by atoms with Crippen molar-refractivity contribution in [1.82, 2.24) is 4.90 Å². The van der Waals surface area contributed by atoms with E-state index in [-0.39, 0.29) is 6.73 Å². The summed E-state index contributed by atoms with van der Waals surface area (Å²) in [5.41, 5.74) is 2.35. The summed E-state index contributed by atoms with van der Waals surface area (Å²) >= 11 is 6.06. The van der Waals surface area contributed by atoms with Gasteiger partial charge in [0.1, 0.15) is 5.75 Å². The molecule has 0 aliphatic heterocycles. The highest BCUT2D eigenvalue weighted by Gasteiger charge is 2.07. The average Bonchev–Trinajstić information content (AvgIpc) is 2.29. The molecule has 3 nitrogen and oxygen atoms in total. The third-order valence-electron chi connectivity index (χ3n) is 2.61. The van der Waals surface area contributed by atoms with Gasteiger partial charge in [-0.25, -0.2) is 0 Å². The van der Waals surface area contributed by atoms with E-state index in [1.54, 1.807) is 7.11 Å². The van der Waals surface area contributed by atoms with E-state index in [0.717, 1.165) is 18.5 Å². The zero-order valence-corrected chi connectivity index (χ0v) is 10.7. The summed E-state index contributed by atoms with van der Waals surface area (Å²) in [6.45, 7) is 2.91. The topological polar surface area (TPSA) is 32.7 Å². The van der Waals surface area contributed by atoms with Crippen LogP contribution < -0.4 is 4.74 Å². The molecule has 0 fully saturated rings. The van der Waals surface area contributed by atoms with Crippen LogP contribution in [0.4, 0.5) is 0 Å². The first kappa shape index (κ1) is 13.3. The number of methoxy groups -OCH3 is 1. The number of ether oxygens (including phenoxy) is 1. The molecule has 90 valence electrons. The summed E-state index contributed by atoms with van der Waals surface area (Å²) in [7, 11) is 3.49. The van der Waals surface area contributed by atoms with E-state index in [1.807, 2.05) is 31.0 Å². The minimum absolute atomic E-state index is 0.0724. The molecule has 0 saturated carbocycles. The van der Waals surface area contributed by atoms with Crippen LogP contribution in [0.3, 0.4) is 0 Å². The molecule has 0 atom stereocenters. The average molecular weight is 244 g/mol. The molecule has 1 rings (SSSR count). The van der Waals surface area contributed by atoms with Gasteiger partial charge < -0.3 is 9.84 Å². The molecule has 0 aliphatic rings. The first-order chi connectivity index (χ1) is 7.58. The number of aliphatic hydroxyl groups excluding tert-OH is 1. The van der Waals surface area contributed by atoms with Crippen LogP contribution in [0, 0.1) is 6.92 Å². The Balaban J connectivity index is 2.77. The molecular formula is C12H18ClNO2. The van der Waals surface area contributed by atoms with Gasteiger partial charge in [-0.15, -0.1) is 0 Å². The second kappa shape index (κ2) is 6.09.